The van der Waals surface area contributed by atoms with Crippen LogP contribution in [0.25, 0.3) is 0 Å². The predicted molar refractivity (Wildman–Crippen MR) is 122 cm³/mol. The highest BCUT2D eigenvalue weighted by Gasteiger charge is 2.28. The molecule has 0 aliphatic carbocycles. The van der Waals surface area contributed by atoms with Crippen LogP contribution in [0.2, 0.25) is 0 Å². The highest BCUT2D eigenvalue weighted by molar-refractivity contribution is 5.97. The summed E-state index contributed by atoms with van der Waals surface area (Å²) >= 11 is 0. The molecule has 2 amide bonds. The SMILES string of the molecule is CCC(C)C(NC(=O)c1ccccc1)C(=O)NCC(c1ccc(F)cc1)N1CCOCC1. The maximum Gasteiger partial charge on any atom is 0.251 e. The molecule has 3 unspecified atom stereocenters. The van der Waals surface area contributed by atoms with Crippen molar-refractivity contribution in [3.05, 3.63) is 71.5 Å². The van der Waals surface area contributed by atoms with Gasteiger partial charge in [0.25, 0.3) is 5.91 Å². The Bertz CT molecular complexity index is 870. The lowest BCUT2D eigenvalue weighted by molar-refractivity contribution is -0.124. The summed E-state index contributed by atoms with van der Waals surface area (Å²) in [7, 11) is 0. The van der Waals surface area contributed by atoms with E-state index < -0.39 is 6.04 Å². The van der Waals surface area contributed by atoms with Gasteiger partial charge < -0.3 is 15.4 Å². The summed E-state index contributed by atoms with van der Waals surface area (Å²) in [6.07, 6.45) is 0.748. The third kappa shape index (κ3) is 6.37. The Hall–Kier alpha value is -2.77. The van der Waals surface area contributed by atoms with Gasteiger partial charge in [0.2, 0.25) is 5.91 Å². The second kappa shape index (κ2) is 11.7. The maximum absolute atomic E-state index is 13.5. The van der Waals surface area contributed by atoms with Gasteiger partial charge in [0.05, 0.1) is 19.3 Å². The van der Waals surface area contributed by atoms with Crippen LogP contribution in [0.5, 0.6) is 0 Å². The van der Waals surface area contributed by atoms with E-state index in [4.69, 9.17) is 4.74 Å². The number of benzene rings is 2. The smallest absolute Gasteiger partial charge is 0.251 e. The standard InChI is InChI=1S/C25H32FN3O3/c1-3-18(2)23(28-24(30)20-7-5-4-6-8-20)25(31)27-17-22(29-13-15-32-16-14-29)19-9-11-21(26)12-10-19/h4-12,18,22-23H,3,13-17H2,1-2H3,(H,27,31)(H,28,30). The molecule has 1 aliphatic rings. The van der Waals surface area contributed by atoms with Crippen molar-refractivity contribution in [1.82, 2.24) is 15.5 Å². The van der Waals surface area contributed by atoms with Crippen LogP contribution in [-0.4, -0.2) is 55.6 Å². The van der Waals surface area contributed by atoms with Crippen LogP contribution in [0.4, 0.5) is 4.39 Å². The number of hydrogen-bond acceptors (Lipinski definition) is 4. The Kier molecular flexibility index (Phi) is 8.76. The Morgan fingerprint density at radius 2 is 1.72 bits per heavy atom. The first-order valence-electron chi connectivity index (χ1n) is 11.2. The summed E-state index contributed by atoms with van der Waals surface area (Å²) in [6, 6.07) is 14.5. The predicted octanol–water partition coefficient (Wildman–Crippen LogP) is 3.16. The van der Waals surface area contributed by atoms with Crippen molar-refractivity contribution in [2.45, 2.75) is 32.4 Å². The molecule has 2 aromatic carbocycles. The van der Waals surface area contributed by atoms with E-state index in [0.717, 1.165) is 25.1 Å². The van der Waals surface area contributed by atoms with Crippen molar-refractivity contribution in [3.63, 3.8) is 0 Å². The number of amides is 2. The van der Waals surface area contributed by atoms with E-state index in [2.05, 4.69) is 15.5 Å². The second-order valence-electron chi connectivity index (χ2n) is 8.16. The molecule has 2 N–H and O–H groups in total. The zero-order valence-corrected chi connectivity index (χ0v) is 18.7. The molecule has 3 rings (SSSR count). The Labute approximate surface area is 189 Å². The lowest BCUT2D eigenvalue weighted by Crippen LogP contribution is -2.52. The van der Waals surface area contributed by atoms with Crippen molar-refractivity contribution in [2.75, 3.05) is 32.8 Å². The Morgan fingerprint density at radius 1 is 1.06 bits per heavy atom. The highest BCUT2D eigenvalue weighted by atomic mass is 19.1. The minimum Gasteiger partial charge on any atom is -0.379 e. The quantitative estimate of drug-likeness (QED) is 0.627. The summed E-state index contributed by atoms with van der Waals surface area (Å²) in [5.41, 5.74) is 1.45. The number of morpholine rings is 1. The Balaban J connectivity index is 1.71. The molecule has 0 spiro atoms. The first kappa shape index (κ1) is 23.9. The first-order valence-corrected chi connectivity index (χ1v) is 11.2. The molecule has 3 atom stereocenters. The van der Waals surface area contributed by atoms with Gasteiger partial charge in [-0.05, 0) is 35.7 Å². The summed E-state index contributed by atoms with van der Waals surface area (Å²) < 4.78 is 18.9. The summed E-state index contributed by atoms with van der Waals surface area (Å²) in [6.45, 7) is 7.01. The molecule has 32 heavy (non-hydrogen) atoms. The number of rotatable bonds is 9. The highest BCUT2D eigenvalue weighted by Crippen LogP contribution is 2.22. The normalized spacial score (nSPS) is 17.2. The number of nitrogens with one attached hydrogen (secondary N) is 2. The van der Waals surface area contributed by atoms with Crippen LogP contribution < -0.4 is 10.6 Å². The number of carbonyl (C=O) groups is 2. The molecule has 0 bridgehead atoms. The third-order valence-corrected chi connectivity index (χ3v) is 6.03. The summed E-state index contributed by atoms with van der Waals surface area (Å²) in [4.78, 5) is 28.1. The zero-order chi connectivity index (χ0) is 22.9. The van der Waals surface area contributed by atoms with Gasteiger partial charge in [0.1, 0.15) is 11.9 Å². The molecule has 7 heteroatoms. The number of hydrogen-bond donors (Lipinski definition) is 2. The van der Waals surface area contributed by atoms with Gasteiger partial charge in [-0.15, -0.1) is 0 Å². The summed E-state index contributed by atoms with van der Waals surface area (Å²) in [5, 5.41) is 5.94. The van der Waals surface area contributed by atoms with Crippen molar-refractivity contribution in [2.24, 2.45) is 5.92 Å². The zero-order valence-electron chi connectivity index (χ0n) is 18.7. The van der Waals surface area contributed by atoms with Crippen LogP contribution in [0.3, 0.4) is 0 Å². The van der Waals surface area contributed by atoms with Gasteiger partial charge in [0.15, 0.2) is 0 Å². The average molecular weight is 442 g/mol. The Morgan fingerprint density at radius 3 is 2.34 bits per heavy atom. The van der Waals surface area contributed by atoms with E-state index in [0.29, 0.717) is 25.3 Å². The minimum absolute atomic E-state index is 0.0321. The van der Waals surface area contributed by atoms with Gasteiger partial charge in [-0.3, -0.25) is 14.5 Å². The average Bonchev–Trinajstić information content (AvgIpc) is 2.84. The number of halogens is 1. The molecule has 0 radical (unpaired) electrons. The molecule has 1 heterocycles. The fourth-order valence-corrected chi connectivity index (χ4v) is 3.86. The van der Waals surface area contributed by atoms with Gasteiger partial charge >= 0.3 is 0 Å². The topological polar surface area (TPSA) is 70.7 Å². The van der Waals surface area contributed by atoms with Crippen molar-refractivity contribution in [3.8, 4) is 0 Å². The lowest BCUT2D eigenvalue weighted by atomic mass is 9.97. The molecular weight excluding hydrogens is 409 g/mol. The first-order chi connectivity index (χ1) is 15.5. The third-order valence-electron chi connectivity index (χ3n) is 6.03. The van der Waals surface area contributed by atoms with E-state index >= 15 is 0 Å². The van der Waals surface area contributed by atoms with Crippen LogP contribution >= 0.6 is 0 Å². The van der Waals surface area contributed by atoms with Crippen LogP contribution in [0.1, 0.15) is 42.2 Å². The van der Waals surface area contributed by atoms with Gasteiger partial charge in [0, 0.05) is 25.2 Å². The van der Waals surface area contributed by atoms with Crippen LogP contribution in [0, 0.1) is 11.7 Å². The number of ether oxygens (including phenoxy) is 1. The largest absolute Gasteiger partial charge is 0.379 e. The molecule has 1 saturated heterocycles. The van der Waals surface area contributed by atoms with E-state index in [1.54, 1.807) is 36.4 Å². The lowest BCUT2D eigenvalue weighted by Gasteiger charge is -2.35. The van der Waals surface area contributed by atoms with Crippen LogP contribution in [0.15, 0.2) is 54.6 Å². The molecular formula is C25H32FN3O3. The molecule has 0 saturated carbocycles. The van der Waals surface area contributed by atoms with Crippen LogP contribution in [-0.2, 0) is 9.53 Å². The van der Waals surface area contributed by atoms with E-state index in [-0.39, 0.29) is 29.6 Å². The van der Waals surface area contributed by atoms with Crippen molar-refractivity contribution < 1.29 is 18.7 Å². The van der Waals surface area contributed by atoms with E-state index in [1.165, 1.54) is 12.1 Å². The number of nitrogens with zero attached hydrogens (tertiary/aromatic N) is 1. The summed E-state index contributed by atoms with van der Waals surface area (Å²) in [5.74, 6) is -0.812. The molecule has 1 fully saturated rings. The minimum atomic E-state index is -0.647. The fraction of sp³-hybridized carbons (Fsp3) is 0.440. The monoisotopic (exact) mass is 441 g/mol. The van der Waals surface area contributed by atoms with Crippen molar-refractivity contribution in [1.29, 1.82) is 0 Å². The molecule has 1 aliphatic heterocycles. The van der Waals surface area contributed by atoms with Gasteiger partial charge in [-0.1, -0.05) is 50.6 Å². The van der Waals surface area contributed by atoms with Crippen molar-refractivity contribution >= 4 is 11.8 Å². The van der Waals surface area contributed by atoms with Gasteiger partial charge in [-0.25, -0.2) is 4.39 Å². The molecule has 6 nitrogen and oxygen atoms in total. The molecule has 0 aromatic heterocycles. The molecule has 172 valence electrons. The van der Waals surface area contributed by atoms with E-state index in [9.17, 15) is 14.0 Å². The number of carbonyl (C=O) groups excluding carboxylic acids is 2. The van der Waals surface area contributed by atoms with Gasteiger partial charge in [-0.2, -0.15) is 0 Å². The molecule has 2 aromatic rings. The van der Waals surface area contributed by atoms with E-state index in [1.807, 2.05) is 19.9 Å². The maximum atomic E-state index is 13.5. The fourth-order valence-electron chi connectivity index (χ4n) is 3.86. The second-order valence-corrected chi connectivity index (χ2v) is 8.16.